The molecule has 0 radical (unpaired) electrons. The van der Waals surface area contributed by atoms with Gasteiger partial charge in [-0.2, -0.15) is 0 Å². The predicted molar refractivity (Wildman–Crippen MR) is 133 cm³/mol. The molecule has 0 saturated heterocycles. The van der Waals surface area contributed by atoms with Crippen LogP contribution in [0.1, 0.15) is 64.8 Å². The van der Waals surface area contributed by atoms with Gasteiger partial charge in [-0.3, -0.25) is 15.0 Å². The number of aryl methyl sites for hydroxylation is 1. The van der Waals surface area contributed by atoms with Crippen LogP contribution >= 0.6 is 0 Å². The van der Waals surface area contributed by atoms with Crippen molar-refractivity contribution in [2.24, 2.45) is 0 Å². The van der Waals surface area contributed by atoms with Crippen molar-refractivity contribution in [1.82, 2.24) is 25.1 Å². The minimum Gasteiger partial charge on any atom is -0.372 e. The summed E-state index contributed by atoms with van der Waals surface area (Å²) in [7, 11) is 0. The number of nitrogens with one attached hydrogen (secondary N) is 3. The molecule has 2 heterocycles. The van der Waals surface area contributed by atoms with Crippen molar-refractivity contribution < 1.29 is 14.0 Å². The summed E-state index contributed by atoms with van der Waals surface area (Å²) in [6.07, 6.45) is 1.13. The van der Waals surface area contributed by atoms with E-state index in [4.69, 9.17) is 10.4 Å². The van der Waals surface area contributed by atoms with Crippen molar-refractivity contribution in [1.29, 1.82) is 5.41 Å². The maximum absolute atomic E-state index is 13.5. The Balaban J connectivity index is 1.63. The van der Waals surface area contributed by atoms with Crippen LogP contribution in [-0.2, 0) is 13.1 Å². The third-order valence-electron chi connectivity index (χ3n) is 6.40. The molecular formula is C26H31FN6O2. The minimum atomic E-state index is -0.840. The lowest BCUT2D eigenvalue weighted by atomic mass is 10.0. The molecule has 2 amide bonds. The van der Waals surface area contributed by atoms with Crippen molar-refractivity contribution in [2.45, 2.75) is 45.8 Å². The zero-order valence-corrected chi connectivity index (χ0v) is 20.1. The molecule has 0 bridgehead atoms. The molecule has 3 N–H and O–H groups in total. The zero-order valence-electron chi connectivity index (χ0n) is 20.1. The number of carbonyl (C=O) groups is 2. The summed E-state index contributed by atoms with van der Waals surface area (Å²) in [5.41, 5.74) is 3.51. The number of nitrogens with zero attached hydrogens (tertiary/aromatic N) is 3. The van der Waals surface area contributed by atoms with E-state index >= 15 is 0 Å². The Morgan fingerprint density at radius 3 is 2.71 bits per heavy atom. The lowest BCUT2D eigenvalue weighted by Crippen LogP contribution is -2.33. The number of fused-ring (bicyclic) bond motifs is 2. The summed E-state index contributed by atoms with van der Waals surface area (Å²) >= 11 is 0. The Morgan fingerprint density at radius 1 is 1.17 bits per heavy atom. The molecule has 1 aliphatic rings. The molecule has 4 rings (SSSR count). The van der Waals surface area contributed by atoms with Gasteiger partial charge in [-0.1, -0.05) is 24.3 Å². The number of aromatic nitrogens is 2. The summed E-state index contributed by atoms with van der Waals surface area (Å²) in [4.78, 5) is 33.0. The van der Waals surface area contributed by atoms with Crippen molar-refractivity contribution >= 4 is 28.7 Å². The monoisotopic (exact) mass is 478 g/mol. The molecule has 9 heteroatoms. The molecule has 0 spiro atoms. The largest absolute Gasteiger partial charge is 0.372 e. The van der Waals surface area contributed by atoms with E-state index in [1.165, 1.54) is 0 Å². The number of hydrogen-bond acceptors (Lipinski definition) is 4. The van der Waals surface area contributed by atoms with E-state index in [1.807, 2.05) is 50.2 Å². The van der Waals surface area contributed by atoms with Gasteiger partial charge >= 0.3 is 0 Å². The fourth-order valence-electron chi connectivity index (χ4n) is 4.65. The Hall–Kier alpha value is -3.75. The number of halogens is 1. The van der Waals surface area contributed by atoms with E-state index in [0.29, 0.717) is 50.1 Å². The van der Waals surface area contributed by atoms with Gasteiger partial charge in [0.15, 0.2) is 0 Å². The number of benzene rings is 2. The molecule has 8 nitrogen and oxygen atoms in total. The molecule has 0 saturated carbocycles. The molecule has 0 unspecified atom stereocenters. The van der Waals surface area contributed by atoms with Gasteiger partial charge < -0.3 is 20.1 Å². The molecule has 1 atom stereocenters. The highest BCUT2D eigenvalue weighted by atomic mass is 19.1. The molecule has 1 aliphatic heterocycles. The SMILES string of the molecule is CCN1Cc2cccc(C(=O)N[C@@H](CCCNC(=N)CF)c3nc4ccccc4n3CC)c2C1=O. The second-order valence-electron chi connectivity index (χ2n) is 8.57. The van der Waals surface area contributed by atoms with Gasteiger partial charge in [0.25, 0.3) is 11.8 Å². The fourth-order valence-corrected chi connectivity index (χ4v) is 4.65. The van der Waals surface area contributed by atoms with Crippen molar-refractivity contribution in [3.05, 3.63) is 65.0 Å². The Labute approximate surface area is 204 Å². The van der Waals surface area contributed by atoms with Gasteiger partial charge in [0.1, 0.15) is 18.3 Å². The lowest BCUT2D eigenvalue weighted by molar-refractivity contribution is 0.0780. The van der Waals surface area contributed by atoms with Crippen LogP contribution in [0.25, 0.3) is 11.0 Å². The van der Waals surface area contributed by atoms with Gasteiger partial charge in [-0.15, -0.1) is 0 Å². The summed E-state index contributed by atoms with van der Waals surface area (Å²) in [6.45, 7) is 5.29. The van der Waals surface area contributed by atoms with Crippen LogP contribution in [0.5, 0.6) is 0 Å². The number of hydrogen-bond donors (Lipinski definition) is 3. The van der Waals surface area contributed by atoms with Crippen molar-refractivity contribution in [2.75, 3.05) is 19.8 Å². The number of amidine groups is 1. The smallest absolute Gasteiger partial charge is 0.255 e. The lowest BCUT2D eigenvalue weighted by Gasteiger charge is -2.21. The van der Waals surface area contributed by atoms with E-state index in [0.717, 1.165) is 22.4 Å². The predicted octanol–water partition coefficient (Wildman–Crippen LogP) is 3.82. The van der Waals surface area contributed by atoms with Crippen molar-refractivity contribution in [3.63, 3.8) is 0 Å². The molecule has 0 aliphatic carbocycles. The van der Waals surface area contributed by atoms with Crippen LogP contribution < -0.4 is 10.6 Å². The van der Waals surface area contributed by atoms with Crippen LogP contribution in [0.3, 0.4) is 0 Å². The van der Waals surface area contributed by atoms with Crippen LogP contribution in [0.4, 0.5) is 4.39 Å². The number of para-hydroxylation sites is 2. The van der Waals surface area contributed by atoms with E-state index in [-0.39, 0.29) is 17.6 Å². The maximum atomic E-state index is 13.5. The number of imidazole rings is 1. The fraction of sp³-hybridized carbons (Fsp3) is 0.385. The normalized spacial score (nSPS) is 13.7. The number of rotatable bonds is 10. The first-order valence-corrected chi connectivity index (χ1v) is 12.0. The Kier molecular flexibility index (Phi) is 7.43. The molecule has 3 aromatic rings. The van der Waals surface area contributed by atoms with Gasteiger partial charge in [0.2, 0.25) is 0 Å². The van der Waals surface area contributed by atoms with Gasteiger partial charge in [-0.05, 0) is 50.5 Å². The first-order chi connectivity index (χ1) is 17.0. The van der Waals surface area contributed by atoms with E-state index in [9.17, 15) is 14.0 Å². The maximum Gasteiger partial charge on any atom is 0.255 e. The number of amides is 2. The van der Waals surface area contributed by atoms with Crippen LogP contribution in [0.15, 0.2) is 42.5 Å². The standard InChI is InChI=1S/C26H31FN6O2/c1-3-32-16-17-9-7-10-18(23(17)26(32)35)25(34)31-20(12-8-14-29-22(28)15-27)24-30-19-11-5-6-13-21(19)33(24)4-2/h5-7,9-11,13,20H,3-4,8,12,14-16H2,1-2H3,(H2,28,29)(H,31,34)/t20-/m0/s1. The van der Waals surface area contributed by atoms with Gasteiger partial charge in [0, 0.05) is 26.2 Å². The second-order valence-corrected chi connectivity index (χ2v) is 8.57. The summed E-state index contributed by atoms with van der Waals surface area (Å²) < 4.78 is 14.7. The number of carbonyl (C=O) groups excluding carboxylic acids is 2. The first kappa shape index (κ1) is 24.4. The van der Waals surface area contributed by atoms with E-state index in [1.54, 1.807) is 11.0 Å². The molecule has 184 valence electrons. The van der Waals surface area contributed by atoms with Gasteiger partial charge in [-0.25, -0.2) is 9.37 Å². The highest BCUT2D eigenvalue weighted by Gasteiger charge is 2.32. The van der Waals surface area contributed by atoms with Crippen molar-refractivity contribution in [3.8, 4) is 0 Å². The molecule has 0 fully saturated rings. The average Bonchev–Trinajstić information content (AvgIpc) is 3.42. The average molecular weight is 479 g/mol. The van der Waals surface area contributed by atoms with Crippen LogP contribution in [0, 0.1) is 5.41 Å². The third-order valence-corrected chi connectivity index (χ3v) is 6.40. The van der Waals surface area contributed by atoms with Crippen LogP contribution in [-0.4, -0.2) is 51.9 Å². The molecule has 35 heavy (non-hydrogen) atoms. The summed E-state index contributed by atoms with van der Waals surface area (Å²) in [6, 6.07) is 12.8. The second kappa shape index (κ2) is 10.7. The van der Waals surface area contributed by atoms with E-state index in [2.05, 4.69) is 15.2 Å². The van der Waals surface area contributed by atoms with Gasteiger partial charge in [0.05, 0.1) is 28.2 Å². The quantitative estimate of drug-likeness (QED) is 0.234. The minimum absolute atomic E-state index is 0.125. The van der Waals surface area contributed by atoms with E-state index < -0.39 is 12.7 Å². The highest BCUT2D eigenvalue weighted by Crippen LogP contribution is 2.28. The molecule has 1 aromatic heterocycles. The Morgan fingerprint density at radius 2 is 1.97 bits per heavy atom. The first-order valence-electron chi connectivity index (χ1n) is 12.0. The number of alkyl halides is 1. The zero-order chi connectivity index (χ0) is 24.9. The van der Waals surface area contributed by atoms with Crippen LogP contribution in [0.2, 0.25) is 0 Å². The molecule has 2 aromatic carbocycles. The summed E-state index contributed by atoms with van der Waals surface area (Å²) in [5.74, 6) is 0.124. The topological polar surface area (TPSA) is 103 Å². The summed E-state index contributed by atoms with van der Waals surface area (Å²) in [5, 5.41) is 13.3. The Bertz CT molecular complexity index is 1250. The third kappa shape index (κ3) is 4.89. The molecular weight excluding hydrogens is 447 g/mol. The highest BCUT2D eigenvalue weighted by molar-refractivity contribution is 6.09.